The number of nitrogens with one attached hydrogen (secondary N) is 2. The van der Waals surface area contributed by atoms with E-state index in [4.69, 9.17) is 12.2 Å². The first-order valence-electron chi connectivity index (χ1n) is 8.07. The van der Waals surface area contributed by atoms with E-state index in [-0.39, 0.29) is 5.75 Å². The number of aryl methyl sites for hydroxylation is 3. The van der Waals surface area contributed by atoms with Crippen molar-refractivity contribution in [2.75, 3.05) is 11.9 Å². The first-order valence-corrected chi connectivity index (χ1v) is 9.28. The molecular weight excluding hydrogens is 426 g/mol. The number of hydrogen-bond acceptors (Lipinski definition) is 3. The Labute approximate surface area is 165 Å². The fourth-order valence-electron chi connectivity index (χ4n) is 2.43. The van der Waals surface area contributed by atoms with E-state index in [9.17, 15) is 8.78 Å². The van der Waals surface area contributed by atoms with Crippen molar-refractivity contribution >= 4 is 38.9 Å². The predicted molar refractivity (Wildman–Crippen MR) is 106 cm³/mol. The van der Waals surface area contributed by atoms with Crippen LogP contribution in [0.25, 0.3) is 0 Å². The highest BCUT2D eigenvalue weighted by Crippen LogP contribution is 2.27. The SMILES string of the molecule is Cc1ccc(OC(F)F)c(NC(=S)NCCCn2nc(C)c(Br)c2C)c1. The summed E-state index contributed by atoms with van der Waals surface area (Å²) in [6.45, 7) is 4.30. The van der Waals surface area contributed by atoms with Gasteiger partial charge in [0.05, 0.1) is 15.9 Å². The molecule has 0 saturated carbocycles. The molecule has 2 aromatic rings. The third-order valence-electron chi connectivity index (χ3n) is 3.72. The third kappa shape index (κ3) is 5.63. The number of rotatable bonds is 7. The summed E-state index contributed by atoms with van der Waals surface area (Å²) in [4.78, 5) is 0. The number of hydrogen-bond donors (Lipinski definition) is 2. The van der Waals surface area contributed by atoms with Crippen LogP contribution in [0.5, 0.6) is 5.75 Å². The quantitative estimate of drug-likeness (QED) is 0.482. The highest BCUT2D eigenvalue weighted by molar-refractivity contribution is 9.10. The van der Waals surface area contributed by atoms with Gasteiger partial charge in [-0.25, -0.2) is 0 Å². The fourth-order valence-corrected chi connectivity index (χ4v) is 2.93. The van der Waals surface area contributed by atoms with Crippen LogP contribution < -0.4 is 15.4 Å². The molecule has 9 heteroatoms. The van der Waals surface area contributed by atoms with Gasteiger partial charge in [0, 0.05) is 18.8 Å². The van der Waals surface area contributed by atoms with E-state index in [0.717, 1.165) is 34.4 Å². The molecular formula is C17H21BrF2N4OS. The monoisotopic (exact) mass is 446 g/mol. The van der Waals surface area contributed by atoms with Crippen LogP contribution in [0.3, 0.4) is 0 Å². The maximum Gasteiger partial charge on any atom is 0.387 e. The zero-order valence-corrected chi connectivity index (χ0v) is 17.2. The van der Waals surface area contributed by atoms with Gasteiger partial charge in [0.2, 0.25) is 0 Å². The Hall–Kier alpha value is -1.74. The van der Waals surface area contributed by atoms with E-state index in [1.807, 2.05) is 25.5 Å². The van der Waals surface area contributed by atoms with Crippen LogP contribution in [0.4, 0.5) is 14.5 Å². The largest absolute Gasteiger partial charge is 0.433 e. The molecule has 0 aliphatic heterocycles. The van der Waals surface area contributed by atoms with Gasteiger partial charge in [-0.2, -0.15) is 13.9 Å². The van der Waals surface area contributed by atoms with Gasteiger partial charge in [-0.1, -0.05) is 6.07 Å². The third-order valence-corrected chi connectivity index (χ3v) is 5.12. The van der Waals surface area contributed by atoms with Crippen molar-refractivity contribution in [3.8, 4) is 5.75 Å². The lowest BCUT2D eigenvalue weighted by Gasteiger charge is -2.15. The summed E-state index contributed by atoms with van der Waals surface area (Å²) in [5.41, 5.74) is 3.35. The number of thiocarbonyl (C=S) groups is 1. The summed E-state index contributed by atoms with van der Waals surface area (Å²) in [6.07, 6.45) is 0.810. The molecule has 0 atom stereocenters. The van der Waals surface area contributed by atoms with Crippen LogP contribution in [0.2, 0.25) is 0 Å². The maximum absolute atomic E-state index is 12.5. The van der Waals surface area contributed by atoms with Gasteiger partial charge in [0.15, 0.2) is 5.11 Å². The molecule has 0 radical (unpaired) electrons. The Kier molecular flexibility index (Phi) is 7.33. The standard InChI is InChI=1S/C17H21BrF2N4OS/c1-10-5-6-14(25-16(19)20)13(9-10)22-17(26)21-7-4-8-24-12(3)15(18)11(2)23-24/h5-6,9,16H,4,7-8H2,1-3H3,(H2,21,22,26). The Morgan fingerprint density at radius 2 is 2.08 bits per heavy atom. The summed E-state index contributed by atoms with van der Waals surface area (Å²) in [5, 5.41) is 10.8. The summed E-state index contributed by atoms with van der Waals surface area (Å²) >= 11 is 8.74. The van der Waals surface area contributed by atoms with E-state index < -0.39 is 6.61 Å². The molecule has 142 valence electrons. The molecule has 26 heavy (non-hydrogen) atoms. The van der Waals surface area contributed by atoms with Crippen molar-refractivity contribution in [2.24, 2.45) is 0 Å². The normalized spacial score (nSPS) is 10.9. The first kappa shape index (κ1) is 20.6. The van der Waals surface area contributed by atoms with Crippen LogP contribution in [-0.4, -0.2) is 28.0 Å². The minimum absolute atomic E-state index is 0.0576. The highest BCUT2D eigenvalue weighted by atomic mass is 79.9. The molecule has 0 amide bonds. The Morgan fingerprint density at radius 1 is 1.35 bits per heavy atom. The average Bonchev–Trinajstić information content (AvgIpc) is 2.81. The van der Waals surface area contributed by atoms with Gasteiger partial charge in [0.1, 0.15) is 5.75 Å². The molecule has 0 spiro atoms. The van der Waals surface area contributed by atoms with E-state index >= 15 is 0 Å². The van der Waals surface area contributed by atoms with Crippen molar-refractivity contribution < 1.29 is 13.5 Å². The lowest BCUT2D eigenvalue weighted by Crippen LogP contribution is -2.30. The minimum Gasteiger partial charge on any atom is -0.433 e. The van der Waals surface area contributed by atoms with E-state index in [1.165, 1.54) is 6.07 Å². The molecule has 0 aliphatic rings. The second-order valence-electron chi connectivity index (χ2n) is 5.82. The molecule has 1 aromatic carbocycles. The lowest BCUT2D eigenvalue weighted by molar-refractivity contribution is -0.0493. The van der Waals surface area contributed by atoms with Gasteiger partial charge in [-0.3, -0.25) is 4.68 Å². The van der Waals surface area contributed by atoms with Crippen LogP contribution >= 0.6 is 28.1 Å². The van der Waals surface area contributed by atoms with E-state index in [2.05, 4.69) is 36.4 Å². The maximum atomic E-state index is 12.5. The van der Waals surface area contributed by atoms with Crippen LogP contribution in [-0.2, 0) is 6.54 Å². The van der Waals surface area contributed by atoms with Crippen LogP contribution in [0, 0.1) is 20.8 Å². The molecule has 2 N–H and O–H groups in total. The highest BCUT2D eigenvalue weighted by Gasteiger charge is 2.11. The fraction of sp³-hybridized carbons (Fsp3) is 0.412. The Balaban J connectivity index is 1.85. The molecule has 0 fully saturated rings. The smallest absolute Gasteiger partial charge is 0.387 e. The van der Waals surface area contributed by atoms with Crippen LogP contribution in [0.15, 0.2) is 22.7 Å². The summed E-state index contributed by atoms with van der Waals surface area (Å²) in [5.74, 6) is 0.0576. The molecule has 5 nitrogen and oxygen atoms in total. The van der Waals surface area contributed by atoms with E-state index in [0.29, 0.717) is 17.3 Å². The molecule has 0 bridgehead atoms. The van der Waals surface area contributed by atoms with Gasteiger partial charge in [0.25, 0.3) is 0 Å². The number of benzene rings is 1. The lowest BCUT2D eigenvalue weighted by atomic mass is 10.2. The molecule has 1 heterocycles. The second-order valence-corrected chi connectivity index (χ2v) is 7.02. The van der Waals surface area contributed by atoms with Gasteiger partial charge >= 0.3 is 6.61 Å². The minimum atomic E-state index is -2.89. The number of halogens is 3. The number of aromatic nitrogens is 2. The predicted octanol–water partition coefficient (Wildman–Crippen LogP) is 4.55. The van der Waals surface area contributed by atoms with Crippen molar-refractivity contribution in [3.63, 3.8) is 0 Å². The number of nitrogens with zero attached hydrogens (tertiary/aromatic N) is 2. The van der Waals surface area contributed by atoms with Crippen molar-refractivity contribution in [1.82, 2.24) is 15.1 Å². The first-order chi connectivity index (χ1) is 12.3. The summed E-state index contributed by atoms with van der Waals surface area (Å²) in [7, 11) is 0. The summed E-state index contributed by atoms with van der Waals surface area (Å²) < 4.78 is 32.5. The van der Waals surface area contributed by atoms with Gasteiger partial charge in [-0.15, -0.1) is 0 Å². The van der Waals surface area contributed by atoms with Crippen LogP contribution in [0.1, 0.15) is 23.4 Å². The number of ether oxygens (including phenoxy) is 1. The zero-order chi connectivity index (χ0) is 19.3. The van der Waals surface area contributed by atoms with Gasteiger partial charge < -0.3 is 15.4 Å². The average molecular weight is 447 g/mol. The Morgan fingerprint density at radius 3 is 2.69 bits per heavy atom. The van der Waals surface area contributed by atoms with Gasteiger partial charge in [-0.05, 0) is 73.0 Å². The molecule has 1 aromatic heterocycles. The molecule has 2 rings (SSSR count). The number of alkyl halides is 2. The van der Waals surface area contributed by atoms with E-state index in [1.54, 1.807) is 12.1 Å². The number of anilines is 1. The molecule has 0 aliphatic carbocycles. The topological polar surface area (TPSA) is 51.1 Å². The van der Waals surface area contributed by atoms with Crippen molar-refractivity contribution in [1.29, 1.82) is 0 Å². The summed E-state index contributed by atoms with van der Waals surface area (Å²) in [6, 6.07) is 4.90. The van der Waals surface area contributed by atoms with Crippen molar-refractivity contribution in [3.05, 3.63) is 39.6 Å². The molecule has 0 saturated heterocycles. The zero-order valence-electron chi connectivity index (χ0n) is 14.8. The second kappa shape index (κ2) is 9.27. The van der Waals surface area contributed by atoms with Crippen molar-refractivity contribution in [2.45, 2.75) is 40.3 Å². The molecule has 0 unspecified atom stereocenters. The Bertz CT molecular complexity index is 782.